The number of nitrogens with one attached hydrogen (secondary N) is 1. The van der Waals surface area contributed by atoms with E-state index >= 15 is 0 Å². The van der Waals surface area contributed by atoms with E-state index < -0.39 is 11.5 Å². The molecule has 0 saturated heterocycles. The molecule has 5 heteroatoms. The van der Waals surface area contributed by atoms with Crippen LogP contribution in [0.15, 0.2) is 18.2 Å². The van der Waals surface area contributed by atoms with Gasteiger partial charge in [0.1, 0.15) is 11.8 Å². The Morgan fingerprint density at radius 3 is 2.79 bits per heavy atom. The number of nitrogens with zero attached hydrogens (tertiary/aromatic N) is 1. The summed E-state index contributed by atoms with van der Waals surface area (Å²) in [7, 11) is 1.56. The maximum atomic E-state index is 10.9. The van der Waals surface area contributed by atoms with Gasteiger partial charge in [-0.05, 0) is 31.4 Å². The van der Waals surface area contributed by atoms with Crippen LogP contribution in [-0.2, 0) is 4.79 Å². The summed E-state index contributed by atoms with van der Waals surface area (Å²) in [5, 5.41) is 21.3. The van der Waals surface area contributed by atoms with E-state index in [1.807, 2.05) is 0 Å². The fourth-order valence-corrected chi connectivity index (χ4v) is 2.38. The Balaban J connectivity index is 2.26. The number of ether oxygens (including phenoxy) is 1. The van der Waals surface area contributed by atoms with Crippen LogP contribution in [0.5, 0.6) is 5.75 Å². The summed E-state index contributed by atoms with van der Waals surface area (Å²) < 4.78 is 5.14. The van der Waals surface area contributed by atoms with Gasteiger partial charge in [0.15, 0.2) is 0 Å². The third-order valence-electron chi connectivity index (χ3n) is 3.55. The molecule has 1 aliphatic carbocycles. The van der Waals surface area contributed by atoms with E-state index in [1.54, 1.807) is 25.3 Å². The summed E-state index contributed by atoms with van der Waals surface area (Å²) in [6.07, 6.45) is 2.68. The maximum Gasteiger partial charge on any atom is 0.305 e. The van der Waals surface area contributed by atoms with Gasteiger partial charge >= 0.3 is 5.97 Å². The predicted molar refractivity (Wildman–Crippen MR) is 70.2 cm³/mol. The second-order valence-corrected chi connectivity index (χ2v) is 4.85. The van der Waals surface area contributed by atoms with Crippen LogP contribution in [-0.4, -0.2) is 23.7 Å². The third-order valence-corrected chi connectivity index (χ3v) is 3.55. The molecule has 0 amide bonds. The summed E-state index contributed by atoms with van der Waals surface area (Å²) in [4.78, 5) is 10.9. The molecule has 1 saturated carbocycles. The summed E-state index contributed by atoms with van der Waals surface area (Å²) >= 11 is 0. The number of carboxylic acid groups (broad SMARTS) is 1. The minimum atomic E-state index is -0.825. The Morgan fingerprint density at radius 2 is 2.32 bits per heavy atom. The number of aliphatic carboxylic acids is 1. The summed E-state index contributed by atoms with van der Waals surface area (Å²) in [6, 6.07) is 7.23. The Kier molecular flexibility index (Phi) is 3.61. The van der Waals surface area contributed by atoms with Gasteiger partial charge in [0.05, 0.1) is 24.8 Å². The van der Waals surface area contributed by atoms with Crippen LogP contribution >= 0.6 is 0 Å². The molecule has 0 radical (unpaired) electrons. The number of methoxy groups -OCH3 is 1. The highest BCUT2D eigenvalue weighted by Crippen LogP contribution is 2.39. The average molecular weight is 260 g/mol. The van der Waals surface area contributed by atoms with Crippen LogP contribution in [0.4, 0.5) is 5.69 Å². The number of rotatable bonds is 5. The number of benzene rings is 1. The Hall–Kier alpha value is -2.22. The molecule has 0 spiro atoms. The molecule has 19 heavy (non-hydrogen) atoms. The second kappa shape index (κ2) is 5.19. The van der Waals surface area contributed by atoms with E-state index in [0.29, 0.717) is 17.0 Å². The van der Waals surface area contributed by atoms with Crippen LogP contribution in [0, 0.1) is 11.3 Å². The number of nitriles is 1. The van der Waals surface area contributed by atoms with E-state index in [1.165, 1.54) is 0 Å². The van der Waals surface area contributed by atoms with Crippen molar-refractivity contribution in [1.29, 1.82) is 5.26 Å². The minimum Gasteiger partial charge on any atom is -0.497 e. The molecule has 1 aromatic carbocycles. The van der Waals surface area contributed by atoms with Crippen molar-refractivity contribution in [2.24, 2.45) is 0 Å². The Morgan fingerprint density at radius 1 is 1.58 bits per heavy atom. The van der Waals surface area contributed by atoms with Crippen LogP contribution in [0.3, 0.4) is 0 Å². The van der Waals surface area contributed by atoms with Crippen molar-refractivity contribution in [3.05, 3.63) is 23.8 Å². The lowest BCUT2D eigenvalue weighted by atomic mass is 9.74. The number of carbonyl (C=O) groups is 1. The average Bonchev–Trinajstić information content (AvgIpc) is 2.35. The number of anilines is 1. The molecule has 1 fully saturated rings. The summed E-state index contributed by atoms with van der Waals surface area (Å²) in [6.45, 7) is 0. The van der Waals surface area contributed by atoms with Gasteiger partial charge in [0, 0.05) is 11.6 Å². The molecule has 100 valence electrons. The van der Waals surface area contributed by atoms with E-state index in [9.17, 15) is 4.79 Å². The van der Waals surface area contributed by atoms with E-state index in [2.05, 4.69) is 11.4 Å². The zero-order valence-electron chi connectivity index (χ0n) is 10.8. The van der Waals surface area contributed by atoms with Crippen LogP contribution < -0.4 is 10.1 Å². The largest absolute Gasteiger partial charge is 0.497 e. The molecule has 5 nitrogen and oxygen atoms in total. The lowest BCUT2D eigenvalue weighted by Crippen LogP contribution is -2.46. The molecule has 0 unspecified atom stereocenters. The molecule has 2 N–H and O–H groups in total. The monoisotopic (exact) mass is 260 g/mol. The van der Waals surface area contributed by atoms with Crippen LogP contribution in [0.2, 0.25) is 0 Å². The van der Waals surface area contributed by atoms with E-state index in [0.717, 1.165) is 19.3 Å². The second-order valence-electron chi connectivity index (χ2n) is 4.85. The van der Waals surface area contributed by atoms with Gasteiger partial charge < -0.3 is 15.2 Å². The number of hydrogen-bond donors (Lipinski definition) is 2. The highest BCUT2D eigenvalue weighted by Gasteiger charge is 2.39. The van der Waals surface area contributed by atoms with Gasteiger partial charge in [0.2, 0.25) is 0 Å². The summed E-state index contributed by atoms with van der Waals surface area (Å²) in [5.74, 6) is -0.181. The van der Waals surface area contributed by atoms with Gasteiger partial charge in [0.25, 0.3) is 0 Å². The van der Waals surface area contributed by atoms with Crippen LogP contribution in [0.25, 0.3) is 0 Å². The molecule has 1 aliphatic rings. The quantitative estimate of drug-likeness (QED) is 0.849. The van der Waals surface area contributed by atoms with E-state index in [-0.39, 0.29) is 6.42 Å². The van der Waals surface area contributed by atoms with Crippen molar-refractivity contribution >= 4 is 11.7 Å². The molecule has 2 rings (SSSR count). The van der Waals surface area contributed by atoms with E-state index in [4.69, 9.17) is 15.1 Å². The zero-order chi connectivity index (χ0) is 13.9. The molecule has 1 aromatic rings. The lowest BCUT2D eigenvalue weighted by molar-refractivity contribution is -0.138. The first kappa shape index (κ1) is 13.2. The van der Waals surface area contributed by atoms with Crippen molar-refractivity contribution in [2.45, 2.75) is 31.2 Å². The van der Waals surface area contributed by atoms with Crippen molar-refractivity contribution in [3.63, 3.8) is 0 Å². The van der Waals surface area contributed by atoms with Crippen molar-refractivity contribution < 1.29 is 14.6 Å². The molecule has 0 aromatic heterocycles. The Labute approximate surface area is 111 Å². The highest BCUT2D eigenvalue weighted by atomic mass is 16.5. The third kappa shape index (κ3) is 2.79. The van der Waals surface area contributed by atoms with Gasteiger partial charge in [-0.15, -0.1) is 0 Å². The van der Waals surface area contributed by atoms with Crippen molar-refractivity contribution in [2.75, 3.05) is 12.4 Å². The first-order valence-electron chi connectivity index (χ1n) is 6.17. The fraction of sp³-hybridized carbons (Fsp3) is 0.429. The summed E-state index contributed by atoms with van der Waals surface area (Å²) in [5.41, 5.74) is 0.712. The van der Waals surface area contributed by atoms with Gasteiger partial charge in [-0.25, -0.2) is 0 Å². The first-order chi connectivity index (χ1) is 9.08. The van der Waals surface area contributed by atoms with Crippen molar-refractivity contribution in [3.8, 4) is 11.8 Å². The van der Waals surface area contributed by atoms with Gasteiger partial charge in [-0.2, -0.15) is 5.26 Å². The van der Waals surface area contributed by atoms with Crippen LogP contribution in [0.1, 0.15) is 31.2 Å². The minimum absolute atomic E-state index is 0.0646. The lowest BCUT2D eigenvalue weighted by Gasteiger charge is -2.42. The number of hydrogen-bond acceptors (Lipinski definition) is 4. The molecule has 0 bridgehead atoms. The molecule has 0 aliphatic heterocycles. The molecule has 0 atom stereocenters. The van der Waals surface area contributed by atoms with Crippen molar-refractivity contribution in [1.82, 2.24) is 0 Å². The topological polar surface area (TPSA) is 82.3 Å². The number of carboxylic acids is 1. The maximum absolute atomic E-state index is 10.9. The molecular formula is C14H16N2O3. The zero-order valence-corrected chi connectivity index (χ0v) is 10.8. The highest BCUT2D eigenvalue weighted by molar-refractivity contribution is 5.71. The first-order valence-corrected chi connectivity index (χ1v) is 6.17. The van der Waals surface area contributed by atoms with Gasteiger partial charge in [-0.1, -0.05) is 0 Å². The smallest absolute Gasteiger partial charge is 0.305 e. The molecular weight excluding hydrogens is 244 g/mol. The SMILES string of the molecule is COc1ccc(C#N)c(NC2(CC(=O)O)CCC2)c1. The molecule has 0 heterocycles. The fourth-order valence-electron chi connectivity index (χ4n) is 2.38. The standard InChI is InChI=1S/C14H16N2O3/c1-19-11-4-3-10(9-15)12(7-11)16-14(5-2-6-14)8-13(17)18/h3-4,7,16H,2,5-6,8H2,1H3,(H,17,18). The predicted octanol–water partition coefficient (Wildman–Crippen LogP) is 2.38. The van der Waals surface area contributed by atoms with Gasteiger partial charge in [-0.3, -0.25) is 4.79 Å². The Bertz CT molecular complexity index is 530. The normalized spacial score (nSPS) is 16.0.